The molecule has 0 saturated heterocycles. The second-order valence-electron chi connectivity index (χ2n) is 5.48. The molecule has 1 atom stereocenters. The smallest absolute Gasteiger partial charge is 0.271 e. The van der Waals surface area contributed by atoms with E-state index in [0.717, 1.165) is 10.6 Å². The topological polar surface area (TPSA) is 51.2 Å². The second kappa shape index (κ2) is 8.14. The van der Waals surface area contributed by atoms with E-state index >= 15 is 0 Å². The van der Waals surface area contributed by atoms with E-state index < -0.39 is 0 Å². The Labute approximate surface area is 155 Å². The van der Waals surface area contributed by atoms with Crippen LogP contribution in [0.5, 0.6) is 5.75 Å². The molecule has 0 bridgehead atoms. The Morgan fingerprint density at radius 2 is 2.04 bits per heavy atom. The third-order valence-corrected chi connectivity index (χ3v) is 4.65. The molecule has 0 fully saturated rings. The van der Waals surface area contributed by atoms with Gasteiger partial charge in [-0.05, 0) is 30.7 Å². The molecule has 0 unspecified atom stereocenters. The number of hydrogen-bond donors (Lipinski definition) is 1. The van der Waals surface area contributed by atoms with E-state index in [4.69, 9.17) is 16.3 Å². The summed E-state index contributed by atoms with van der Waals surface area (Å²) >= 11 is 7.32. The quantitative estimate of drug-likeness (QED) is 0.671. The number of amides is 1. The zero-order chi connectivity index (χ0) is 17.6. The van der Waals surface area contributed by atoms with Gasteiger partial charge in [0, 0.05) is 10.4 Å². The van der Waals surface area contributed by atoms with Crippen LogP contribution in [0, 0.1) is 0 Å². The highest BCUT2D eigenvalue weighted by atomic mass is 35.5. The molecule has 0 aliphatic rings. The Morgan fingerprint density at radius 3 is 2.80 bits per heavy atom. The molecule has 0 spiro atoms. The molecule has 128 valence electrons. The minimum Gasteiger partial charge on any atom is -0.486 e. The van der Waals surface area contributed by atoms with Crippen molar-refractivity contribution in [3.8, 4) is 5.75 Å². The van der Waals surface area contributed by atoms with Crippen LogP contribution >= 0.6 is 22.9 Å². The minimum atomic E-state index is -0.193. The number of benzene rings is 2. The van der Waals surface area contributed by atoms with Crippen molar-refractivity contribution in [1.29, 1.82) is 0 Å². The van der Waals surface area contributed by atoms with Crippen molar-refractivity contribution in [2.24, 2.45) is 0 Å². The van der Waals surface area contributed by atoms with E-state index in [1.807, 2.05) is 49.4 Å². The van der Waals surface area contributed by atoms with Crippen molar-refractivity contribution in [2.45, 2.75) is 19.6 Å². The minimum absolute atomic E-state index is 0.0819. The summed E-state index contributed by atoms with van der Waals surface area (Å²) in [5.41, 5.74) is 1.45. The van der Waals surface area contributed by atoms with Gasteiger partial charge in [-0.15, -0.1) is 11.3 Å². The largest absolute Gasteiger partial charge is 0.486 e. The molecule has 0 aliphatic heterocycles. The molecule has 0 saturated carbocycles. The highest BCUT2D eigenvalue weighted by molar-refractivity contribution is 7.09. The number of hydrogen-bond acceptors (Lipinski definition) is 4. The number of halogens is 1. The maximum atomic E-state index is 12.3. The third kappa shape index (κ3) is 4.81. The summed E-state index contributed by atoms with van der Waals surface area (Å²) in [5.74, 6) is 0.480. The van der Waals surface area contributed by atoms with Gasteiger partial charge >= 0.3 is 0 Å². The van der Waals surface area contributed by atoms with Gasteiger partial charge in [0.25, 0.3) is 5.91 Å². The first-order valence-corrected chi connectivity index (χ1v) is 9.06. The average molecular weight is 373 g/mol. The molecule has 1 amide bonds. The lowest BCUT2D eigenvalue weighted by Gasteiger charge is -2.13. The summed E-state index contributed by atoms with van der Waals surface area (Å²) in [4.78, 5) is 16.7. The fourth-order valence-corrected chi connectivity index (χ4v) is 3.14. The van der Waals surface area contributed by atoms with Gasteiger partial charge < -0.3 is 10.1 Å². The predicted octanol–water partition coefficient (Wildman–Crippen LogP) is 4.87. The summed E-state index contributed by atoms with van der Waals surface area (Å²) in [6.07, 6.45) is 0. The van der Waals surface area contributed by atoms with Crippen molar-refractivity contribution in [3.05, 3.63) is 81.3 Å². The number of carbonyl (C=O) groups excluding carboxylic acids is 1. The molecule has 1 heterocycles. The van der Waals surface area contributed by atoms with Crippen molar-refractivity contribution >= 4 is 28.8 Å². The highest BCUT2D eigenvalue weighted by Gasteiger charge is 2.14. The number of aromatic nitrogens is 1. The van der Waals surface area contributed by atoms with Crippen molar-refractivity contribution in [2.75, 3.05) is 0 Å². The number of nitrogens with zero attached hydrogens (tertiary/aromatic N) is 1. The van der Waals surface area contributed by atoms with Crippen LogP contribution in [0.4, 0.5) is 0 Å². The predicted molar refractivity (Wildman–Crippen MR) is 100 cm³/mol. The molecule has 1 aromatic heterocycles. The van der Waals surface area contributed by atoms with E-state index in [1.54, 1.807) is 17.5 Å². The van der Waals surface area contributed by atoms with Gasteiger partial charge in [0.15, 0.2) is 0 Å². The Hall–Kier alpha value is -2.37. The van der Waals surface area contributed by atoms with Crippen LogP contribution in [0.3, 0.4) is 0 Å². The lowest BCUT2D eigenvalue weighted by atomic mass is 10.1. The van der Waals surface area contributed by atoms with Crippen molar-refractivity contribution in [3.63, 3.8) is 0 Å². The van der Waals surface area contributed by atoms with Crippen molar-refractivity contribution < 1.29 is 9.53 Å². The van der Waals surface area contributed by atoms with Crippen LogP contribution in [0.25, 0.3) is 0 Å². The maximum absolute atomic E-state index is 12.3. The van der Waals surface area contributed by atoms with Gasteiger partial charge in [-0.2, -0.15) is 0 Å². The van der Waals surface area contributed by atoms with E-state index in [1.165, 1.54) is 11.3 Å². The monoisotopic (exact) mass is 372 g/mol. The molecular formula is C19H17ClN2O2S. The van der Waals surface area contributed by atoms with Gasteiger partial charge in [0.1, 0.15) is 23.1 Å². The third-order valence-electron chi connectivity index (χ3n) is 3.59. The number of rotatable bonds is 6. The number of thiazole rings is 1. The molecular weight excluding hydrogens is 356 g/mol. The first kappa shape index (κ1) is 17.5. The summed E-state index contributed by atoms with van der Waals surface area (Å²) in [7, 11) is 0. The first-order valence-electron chi connectivity index (χ1n) is 7.80. The second-order valence-corrected chi connectivity index (χ2v) is 6.86. The molecule has 4 nitrogen and oxygen atoms in total. The average Bonchev–Trinajstić information content (AvgIpc) is 3.10. The van der Waals surface area contributed by atoms with E-state index in [-0.39, 0.29) is 11.9 Å². The first-order chi connectivity index (χ1) is 12.1. The molecule has 3 aromatic rings. The fraction of sp³-hybridized carbons (Fsp3) is 0.158. The van der Waals surface area contributed by atoms with Crippen LogP contribution in [0.15, 0.2) is 60.0 Å². The molecule has 1 N–H and O–H groups in total. The van der Waals surface area contributed by atoms with Crippen LogP contribution in [0.1, 0.15) is 34.0 Å². The van der Waals surface area contributed by atoms with E-state index in [9.17, 15) is 4.79 Å². The molecule has 3 rings (SSSR count). The van der Waals surface area contributed by atoms with Gasteiger partial charge in [-0.25, -0.2) is 4.98 Å². The fourth-order valence-electron chi connectivity index (χ4n) is 2.28. The summed E-state index contributed by atoms with van der Waals surface area (Å²) in [6, 6.07) is 16.9. The van der Waals surface area contributed by atoms with Crippen LogP contribution in [-0.4, -0.2) is 10.9 Å². The standard InChI is InChI=1S/C19H17ClN2O2S/c1-13(14-6-3-2-4-7-14)21-19(23)17-12-25-18(22-17)11-24-16-9-5-8-15(20)10-16/h2-10,12-13H,11H2,1H3,(H,21,23)/t13-/m0/s1. The van der Waals surface area contributed by atoms with Crippen LogP contribution < -0.4 is 10.1 Å². The zero-order valence-electron chi connectivity index (χ0n) is 13.6. The summed E-state index contributed by atoms with van der Waals surface area (Å²) in [6.45, 7) is 2.25. The zero-order valence-corrected chi connectivity index (χ0v) is 15.2. The molecule has 2 aromatic carbocycles. The van der Waals surface area contributed by atoms with Gasteiger partial charge in [0.2, 0.25) is 0 Å². The Balaban J connectivity index is 1.58. The normalized spacial score (nSPS) is 11.8. The Morgan fingerprint density at radius 1 is 1.24 bits per heavy atom. The maximum Gasteiger partial charge on any atom is 0.271 e. The molecule has 0 radical (unpaired) electrons. The lowest BCUT2D eigenvalue weighted by molar-refractivity contribution is 0.0935. The number of ether oxygens (including phenoxy) is 1. The SMILES string of the molecule is C[C@H](NC(=O)c1csc(COc2cccc(Cl)c2)n1)c1ccccc1. The van der Waals surface area contributed by atoms with Crippen LogP contribution in [0.2, 0.25) is 5.02 Å². The Kier molecular flexibility index (Phi) is 5.68. The highest BCUT2D eigenvalue weighted by Crippen LogP contribution is 2.20. The number of nitrogens with one attached hydrogen (secondary N) is 1. The molecule has 6 heteroatoms. The van der Waals surface area contributed by atoms with Gasteiger partial charge in [-0.3, -0.25) is 4.79 Å². The molecule has 0 aliphatic carbocycles. The van der Waals surface area contributed by atoms with Gasteiger partial charge in [0.05, 0.1) is 6.04 Å². The lowest BCUT2D eigenvalue weighted by Crippen LogP contribution is -2.26. The molecule has 25 heavy (non-hydrogen) atoms. The van der Waals surface area contributed by atoms with Gasteiger partial charge in [-0.1, -0.05) is 48.0 Å². The van der Waals surface area contributed by atoms with Crippen molar-refractivity contribution in [1.82, 2.24) is 10.3 Å². The summed E-state index contributed by atoms with van der Waals surface area (Å²) < 4.78 is 5.65. The Bertz CT molecular complexity index is 851. The van der Waals surface area contributed by atoms with Crippen LogP contribution in [-0.2, 0) is 6.61 Å². The number of carbonyl (C=O) groups is 1. The van der Waals surface area contributed by atoms with E-state index in [0.29, 0.717) is 23.1 Å². The van der Waals surface area contributed by atoms with E-state index in [2.05, 4.69) is 10.3 Å². The summed E-state index contributed by atoms with van der Waals surface area (Å²) in [5, 5.41) is 6.04.